The van der Waals surface area contributed by atoms with Gasteiger partial charge in [-0.25, -0.2) is 14.6 Å². The lowest BCUT2D eigenvalue weighted by molar-refractivity contribution is -0.268. The number of ether oxygens (including phenoxy) is 3. The van der Waals surface area contributed by atoms with E-state index >= 15 is 0 Å². The largest absolute Gasteiger partial charge is 0.462 e. The number of hydrogen-bond acceptors (Lipinski definition) is 14. The number of nitrogens with one attached hydrogen (secondary N) is 1. The molecule has 0 radical (unpaired) electrons. The molecule has 0 spiro atoms. The third kappa shape index (κ3) is 8.84. The van der Waals surface area contributed by atoms with E-state index in [2.05, 4.69) is 16.7 Å². The van der Waals surface area contributed by atoms with Crippen molar-refractivity contribution in [3.63, 3.8) is 0 Å². The number of aliphatic imine (C=N–C) groups is 1. The molecule has 2 heterocycles. The monoisotopic (exact) mass is 608 g/mol. The quantitative estimate of drug-likeness (QED) is 0.133. The molecule has 16 heteroatoms. The zero-order valence-corrected chi connectivity index (χ0v) is 25.6. The van der Waals surface area contributed by atoms with Crippen LogP contribution in [0.3, 0.4) is 0 Å². The number of esters is 1. The Morgan fingerprint density at radius 2 is 1.98 bits per heavy atom. The molecule has 0 aliphatic carbocycles. The number of aliphatic hydroxyl groups is 2. The van der Waals surface area contributed by atoms with Gasteiger partial charge in [0.2, 0.25) is 5.79 Å². The van der Waals surface area contributed by atoms with E-state index in [0.29, 0.717) is 0 Å². The standard InChI is InChI=1S/C24H41N4O10PS/c1-14(2)37-21(31)15(3)27-39(33,35-11-12-40-22(32)23(5,6)7)36-13-24(34-8)19(30)18(29)20(38-24)28-10-9-17(25)26-16(28)4/h9-10,14-15,18-20,29-30H,4,11-13H2,1-3,5-8H3,(H2,25,26)(H,27,33)/t15-,18-,19+,20-,24-,39?/m1/s1. The summed E-state index contributed by atoms with van der Waals surface area (Å²) in [5.41, 5.74) is 5.09. The fourth-order valence-electron chi connectivity index (χ4n) is 3.47. The first-order valence-electron chi connectivity index (χ1n) is 12.6. The van der Waals surface area contributed by atoms with Gasteiger partial charge in [0.25, 0.3) is 0 Å². The molecule has 40 heavy (non-hydrogen) atoms. The summed E-state index contributed by atoms with van der Waals surface area (Å²) in [4.78, 5) is 30.0. The molecule has 0 aromatic carbocycles. The number of methoxy groups -OCH3 is 1. The van der Waals surface area contributed by atoms with Gasteiger partial charge < -0.3 is 35.1 Å². The van der Waals surface area contributed by atoms with Crippen molar-refractivity contribution >= 4 is 36.4 Å². The summed E-state index contributed by atoms with van der Waals surface area (Å²) in [6, 6.07) is -1.12. The van der Waals surface area contributed by atoms with Crippen LogP contribution < -0.4 is 10.8 Å². The van der Waals surface area contributed by atoms with Crippen LogP contribution in [0.15, 0.2) is 29.7 Å². The van der Waals surface area contributed by atoms with Gasteiger partial charge in [-0.05, 0) is 26.8 Å². The Labute approximate surface area is 238 Å². The van der Waals surface area contributed by atoms with E-state index < -0.39 is 62.1 Å². The van der Waals surface area contributed by atoms with Gasteiger partial charge in [-0.3, -0.25) is 18.6 Å². The Hall–Kier alpha value is -1.81. The molecule has 0 bridgehead atoms. The molecule has 228 valence electrons. The highest BCUT2D eigenvalue weighted by atomic mass is 32.2. The lowest BCUT2D eigenvalue weighted by Crippen LogP contribution is -2.49. The van der Waals surface area contributed by atoms with Crippen LogP contribution in [-0.2, 0) is 37.4 Å². The lowest BCUT2D eigenvalue weighted by Gasteiger charge is -2.33. The van der Waals surface area contributed by atoms with Crippen LogP contribution in [0.1, 0.15) is 41.5 Å². The zero-order valence-electron chi connectivity index (χ0n) is 23.9. The minimum atomic E-state index is -4.31. The summed E-state index contributed by atoms with van der Waals surface area (Å²) >= 11 is 1.000. The van der Waals surface area contributed by atoms with E-state index in [1.54, 1.807) is 34.6 Å². The third-order valence-electron chi connectivity index (χ3n) is 5.65. The second-order valence-corrected chi connectivity index (χ2v) is 13.3. The molecule has 6 atom stereocenters. The topological polar surface area (TPSA) is 191 Å². The predicted molar refractivity (Wildman–Crippen MR) is 149 cm³/mol. The molecule has 5 N–H and O–H groups in total. The number of hydrogen-bond donors (Lipinski definition) is 4. The third-order valence-corrected chi connectivity index (χ3v) is 8.59. The Balaban J connectivity index is 2.19. The normalized spacial score (nSPS) is 27.4. The maximum absolute atomic E-state index is 13.7. The molecule has 0 aromatic rings. The van der Waals surface area contributed by atoms with Gasteiger partial charge in [0.15, 0.2) is 11.3 Å². The number of nitrogens with zero attached hydrogens (tertiary/aromatic N) is 2. The molecule has 2 aliphatic rings. The first-order chi connectivity index (χ1) is 18.4. The maximum Gasteiger partial charge on any atom is 0.406 e. The van der Waals surface area contributed by atoms with Crippen LogP contribution >= 0.6 is 19.5 Å². The summed E-state index contributed by atoms with van der Waals surface area (Å²) < 4.78 is 41.3. The van der Waals surface area contributed by atoms with Gasteiger partial charge in [-0.1, -0.05) is 39.1 Å². The minimum absolute atomic E-state index is 0.0889. The van der Waals surface area contributed by atoms with Crippen molar-refractivity contribution in [2.24, 2.45) is 16.1 Å². The lowest BCUT2D eigenvalue weighted by atomic mass is 10.00. The van der Waals surface area contributed by atoms with Gasteiger partial charge in [0.1, 0.15) is 36.5 Å². The van der Waals surface area contributed by atoms with Crippen LogP contribution in [-0.4, -0.2) is 94.5 Å². The molecule has 2 aliphatic heterocycles. The SMILES string of the molecule is C=C1N=C(N)C=CN1[C@@H]1O[C@@](COP(=O)(N[C@H](C)C(=O)OC(C)C)OCCSC(=O)C(C)(C)C)(OC)[C@@H](O)[C@H]1O. The van der Waals surface area contributed by atoms with Crippen molar-refractivity contribution < 1.29 is 47.6 Å². The smallest absolute Gasteiger partial charge is 0.406 e. The summed E-state index contributed by atoms with van der Waals surface area (Å²) in [5.74, 6) is -2.24. The summed E-state index contributed by atoms with van der Waals surface area (Å²) in [6.07, 6.45) is -1.94. The van der Waals surface area contributed by atoms with Crippen LogP contribution in [0, 0.1) is 5.41 Å². The van der Waals surface area contributed by atoms with Crippen molar-refractivity contribution in [3.8, 4) is 0 Å². The van der Waals surface area contributed by atoms with Gasteiger partial charge in [0.05, 0.1) is 12.7 Å². The molecule has 1 saturated heterocycles. The van der Waals surface area contributed by atoms with E-state index in [4.69, 9.17) is 29.0 Å². The van der Waals surface area contributed by atoms with E-state index in [0.717, 1.165) is 11.8 Å². The van der Waals surface area contributed by atoms with Crippen LogP contribution in [0.2, 0.25) is 0 Å². The Kier molecular flexibility index (Phi) is 12.0. The number of thioether (sulfide) groups is 1. The highest BCUT2D eigenvalue weighted by Gasteiger charge is 2.58. The number of nitrogens with two attached hydrogens (primary N) is 1. The first-order valence-corrected chi connectivity index (χ1v) is 15.1. The number of carbonyl (C=O) groups is 2. The Morgan fingerprint density at radius 3 is 2.52 bits per heavy atom. The van der Waals surface area contributed by atoms with Crippen LogP contribution in [0.5, 0.6) is 0 Å². The molecule has 0 saturated carbocycles. The highest BCUT2D eigenvalue weighted by molar-refractivity contribution is 8.13. The molecule has 0 aromatic heterocycles. The van der Waals surface area contributed by atoms with Gasteiger partial charge in [-0.15, -0.1) is 0 Å². The zero-order chi connectivity index (χ0) is 30.5. The van der Waals surface area contributed by atoms with Crippen molar-refractivity contribution in [3.05, 3.63) is 24.7 Å². The number of amidine groups is 1. The molecule has 0 amide bonds. The second kappa shape index (κ2) is 13.9. The first kappa shape index (κ1) is 34.4. The molecule has 1 fully saturated rings. The summed E-state index contributed by atoms with van der Waals surface area (Å²) in [5, 5.41) is 24.1. The van der Waals surface area contributed by atoms with Gasteiger partial charge in [0, 0.05) is 24.5 Å². The van der Waals surface area contributed by atoms with E-state index in [1.165, 1.54) is 31.2 Å². The average molecular weight is 609 g/mol. The van der Waals surface area contributed by atoms with E-state index in [9.17, 15) is 24.4 Å². The van der Waals surface area contributed by atoms with Crippen molar-refractivity contribution in [1.82, 2.24) is 9.99 Å². The number of carbonyl (C=O) groups excluding carboxylic acids is 2. The molecular formula is C24H41N4O10PS. The van der Waals surface area contributed by atoms with E-state index in [-0.39, 0.29) is 29.1 Å². The van der Waals surface area contributed by atoms with Gasteiger partial charge in [-0.2, -0.15) is 0 Å². The summed E-state index contributed by atoms with van der Waals surface area (Å²) in [7, 11) is -3.11. The molecule has 2 rings (SSSR count). The van der Waals surface area contributed by atoms with Crippen molar-refractivity contribution in [2.45, 2.75) is 77.9 Å². The molecule has 1 unspecified atom stereocenters. The maximum atomic E-state index is 13.7. The van der Waals surface area contributed by atoms with Crippen molar-refractivity contribution in [1.29, 1.82) is 0 Å². The number of aliphatic hydroxyl groups excluding tert-OH is 2. The van der Waals surface area contributed by atoms with Crippen LogP contribution in [0.25, 0.3) is 0 Å². The Bertz CT molecular complexity index is 1050. The fraction of sp³-hybridized carbons (Fsp3) is 0.708. The van der Waals surface area contributed by atoms with Crippen molar-refractivity contribution in [2.75, 3.05) is 26.1 Å². The van der Waals surface area contributed by atoms with Gasteiger partial charge >= 0.3 is 13.7 Å². The average Bonchev–Trinajstić information content (AvgIpc) is 3.10. The molecular weight excluding hydrogens is 567 g/mol. The summed E-state index contributed by atoms with van der Waals surface area (Å²) in [6.45, 7) is 12.9. The van der Waals surface area contributed by atoms with Crippen LogP contribution in [0.4, 0.5) is 0 Å². The fourth-order valence-corrected chi connectivity index (χ4v) is 5.86. The molecule has 14 nitrogen and oxygen atoms in total. The highest BCUT2D eigenvalue weighted by Crippen LogP contribution is 2.47. The number of rotatable bonds is 13. The van der Waals surface area contributed by atoms with E-state index in [1.807, 2.05) is 0 Å². The predicted octanol–water partition coefficient (Wildman–Crippen LogP) is 1.44. The Morgan fingerprint density at radius 1 is 1.32 bits per heavy atom. The second-order valence-electron chi connectivity index (χ2n) is 10.5. The minimum Gasteiger partial charge on any atom is -0.462 e.